The Labute approximate surface area is 117 Å². The van der Waals surface area contributed by atoms with Crippen LogP contribution in [0.5, 0.6) is 0 Å². The molecule has 0 atom stereocenters. The van der Waals surface area contributed by atoms with Gasteiger partial charge >= 0.3 is 0 Å². The predicted molar refractivity (Wildman–Crippen MR) is 79.7 cm³/mol. The Morgan fingerprint density at radius 2 is 2.00 bits per heavy atom. The molecule has 0 aliphatic heterocycles. The molecule has 0 aliphatic rings. The summed E-state index contributed by atoms with van der Waals surface area (Å²) < 4.78 is 7.62. The van der Waals surface area contributed by atoms with Gasteiger partial charge in [-0.3, -0.25) is 4.68 Å². The van der Waals surface area contributed by atoms with E-state index in [1.807, 2.05) is 0 Å². The quantitative estimate of drug-likeness (QED) is 0.699. The van der Waals surface area contributed by atoms with Crippen molar-refractivity contribution in [2.75, 3.05) is 19.7 Å². The molecule has 0 saturated heterocycles. The van der Waals surface area contributed by atoms with Gasteiger partial charge in [0.05, 0.1) is 18.3 Å². The van der Waals surface area contributed by atoms with Crippen LogP contribution in [0.2, 0.25) is 0 Å². The highest BCUT2D eigenvalue weighted by molar-refractivity contribution is 5.24. The minimum atomic E-state index is 0.335. The van der Waals surface area contributed by atoms with E-state index in [2.05, 4.69) is 49.7 Å². The number of aromatic nitrogens is 2. The molecular formula is C15H29N3O. The zero-order chi connectivity index (χ0) is 14.3. The summed E-state index contributed by atoms with van der Waals surface area (Å²) in [6, 6.07) is 0. The van der Waals surface area contributed by atoms with Crippen LogP contribution in [0.3, 0.4) is 0 Å². The Bertz CT molecular complexity index is 372. The van der Waals surface area contributed by atoms with E-state index in [-0.39, 0.29) is 0 Å². The lowest BCUT2D eigenvalue weighted by atomic mass is 10.1. The third kappa shape index (κ3) is 5.33. The zero-order valence-electron chi connectivity index (χ0n) is 13.1. The molecule has 4 nitrogen and oxygen atoms in total. The van der Waals surface area contributed by atoms with Crippen LogP contribution in [0.15, 0.2) is 0 Å². The Morgan fingerprint density at radius 1 is 1.26 bits per heavy atom. The summed E-state index contributed by atoms with van der Waals surface area (Å²) in [6.07, 6.45) is 2.47. The van der Waals surface area contributed by atoms with E-state index in [9.17, 15) is 0 Å². The highest BCUT2D eigenvalue weighted by atomic mass is 16.5. The number of hydrogen-bond acceptors (Lipinski definition) is 3. The van der Waals surface area contributed by atoms with Gasteiger partial charge in [0.2, 0.25) is 0 Å². The maximum atomic E-state index is 5.50. The van der Waals surface area contributed by atoms with Gasteiger partial charge in [-0.15, -0.1) is 0 Å². The molecule has 0 saturated carbocycles. The molecule has 19 heavy (non-hydrogen) atoms. The lowest BCUT2D eigenvalue weighted by molar-refractivity contribution is 0.0771. The molecule has 0 spiro atoms. The largest absolute Gasteiger partial charge is 0.379 e. The van der Waals surface area contributed by atoms with Crippen LogP contribution in [0.4, 0.5) is 0 Å². The van der Waals surface area contributed by atoms with Gasteiger partial charge in [-0.25, -0.2) is 0 Å². The summed E-state index contributed by atoms with van der Waals surface area (Å²) in [4.78, 5) is 0. The van der Waals surface area contributed by atoms with E-state index < -0.39 is 0 Å². The Kier molecular flexibility index (Phi) is 7.10. The Balaban J connectivity index is 2.19. The molecular weight excluding hydrogens is 238 g/mol. The summed E-state index contributed by atoms with van der Waals surface area (Å²) in [5.74, 6) is 0. The number of rotatable bonds is 9. The molecule has 1 rings (SSSR count). The van der Waals surface area contributed by atoms with Crippen molar-refractivity contribution in [2.24, 2.45) is 0 Å². The van der Waals surface area contributed by atoms with Crippen molar-refractivity contribution < 1.29 is 4.74 Å². The smallest absolute Gasteiger partial charge is 0.0628 e. The SMILES string of the molecule is CCc1c(C)nn(CCNCCCOC(C)C)c1C. The van der Waals surface area contributed by atoms with Crippen LogP contribution >= 0.6 is 0 Å². The number of nitrogens with zero attached hydrogens (tertiary/aromatic N) is 2. The van der Waals surface area contributed by atoms with Crippen LogP contribution < -0.4 is 5.32 Å². The molecule has 0 radical (unpaired) electrons. The van der Waals surface area contributed by atoms with Gasteiger partial charge in [-0.2, -0.15) is 5.10 Å². The average molecular weight is 267 g/mol. The van der Waals surface area contributed by atoms with Gasteiger partial charge in [-0.05, 0) is 52.6 Å². The molecule has 1 aromatic heterocycles. The highest BCUT2D eigenvalue weighted by Crippen LogP contribution is 2.12. The number of aryl methyl sites for hydroxylation is 1. The monoisotopic (exact) mass is 267 g/mol. The minimum absolute atomic E-state index is 0.335. The lowest BCUT2D eigenvalue weighted by Gasteiger charge is -2.09. The first-order chi connectivity index (χ1) is 9.06. The summed E-state index contributed by atoms with van der Waals surface area (Å²) in [5.41, 5.74) is 3.88. The summed E-state index contributed by atoms with van der Waals surface area (Å²) in [7, 11) is 0. The van der Waals surface area contributed by atoms with Gasteiger partial charge < -0.3 is 10.1 Å². The first kappa shape index (κ1) is 16.2. The van der Waals surface area contributed by atoms with E-state index in [0.29, 0.717) is 6.10 Å². The van der Waals surface area contributed by atoms with E-state index in [1.165, 1.54) is 17.0 Å². The molecule has 0 aliphatic carbocycles. The van der Waals surface area contributed by atoms with Crippen LogP contribution in [0.25, 0.3) is 0 Å². The topological polar surface area (TPSA) is 39.1 Å². The fourth-order valence-corrected chi connectivity index (χ4v) is 2.29. The lowest BCUT2D eigenvalue weighted by Crippen LogP contribution is -2.23. The van der Waals surface area contributed by atoms with E-state index in [1.54, 1.807) is 0 Å². The first-order valence-electron chi connectivity index (χ1n) is 7.41. The molecule has 4 heteroatoms. The molecule has 1 aromatic rings. The van der Waals surface area contributed by atoms with Crippen molar-refractivity contribution in [3.8, 4) is 0 Å². The minimum Gasteiger partial charge on any atom is -0.379 e. The molecule has 0 amide bonds. The Morgan fingerprint density at radius 3 is 2.58 bits per heavy atom. The average Bonchev–Trinajstić information content (AvgIpc) is 2.62. The predicted octanol–water partition coefficient (Wildman–Crippen LogP) is 2.47. The van der Waals surface area contributed by atoms with Crippen molar-refractivity contribution in [3.05, 3.63) is 17.0 Å². The summed E-state index contributed by atoms with van der Waals surface area (Å²) in [5, 5.41) is 8.03. The molecule has 1 heterocycles. The third-order valence-electron chi connectivity index (χ3n) is 3.33. The Hall–Kier alpha value is -0.870. The van der Waals surface area contributed by atoms with Crippen molar-refractivity contribution in [1.29, 1.82) is 0 Å². The molecule has 0 bridgehead atoms. The fraction of sp³-hybridized carbons (Fsp3) is 0.800. The van der Waals surface area contributed by atoms with Crippen LogP contribution in [-0.2, 0) is 17.7 Å². The van der Waals surface area contributed by atoms with Crippen molar-refractivity contribution in [3.63, 3.8) is 0 Å². The number of ether oxygens (including phenoxy) is 1. The maximum absolute atomic E-state index is 5.50. The van der Waals surface area contributed by atoms with Crippen LogP contribution in [0.1, 0.15) is 44.1 Å². The van der Waals surface area contributed by atoms with Crippen molar-refractivity contribution in [2.45, 2.75) is 60.1 Å². The molecule has 110 valence electrons. The normalized spacial score (nSPS) is 11.5. The maximum Gasteiger partial charge on any atom is 0.0628 e. The van der Waals surface area contributed by atoms with Crippen LogP contribution in [-0.4, -0.2) is 35.6 Å². The van der Waals surface area contributed by atoms with Gasteiger partial charge in [0.25, 0.3) is 0 Å². The molecule has 1 N–H and O–H groups in total. The second-order valence-electron chi connectivity index (χ2n) is 5.25. The fourth-order valence-electron chi connectivity index (χ4n) is 2.29. The highest BCUT2D eigenvalue weighted by Gasteiger charge is 2.08. The van der Waals surface area contributed by atoms with E-state index in [4.69, 9.17) is 4.74 Å². The van der Waals surface area contributed by atoms with Crippen molar-refractivity contribution >= 4 is 0 Å². The van der Waals surface area contributed by atoms with Gasteiger partial charge in [0.15, 0.2) is 0 Å². The molecule has 0 aromatic carbocycles. The molecule has 0 fully saturated rings. The number of hydrogen-bond donors (Lipinski definition) is 1. The van der Waals surface area contributed by atoms with Crippen molar-refractivity contribution in [1.82, 2.24) is 15.1 Å². The second-order valence-corrected chi connectivity index (χ2v) is 5.25. The van der Waals surface area contributed by atoms with Crippen LogP contribution in [0, 0.1) is 13.8 Å². The third-order valence-corrected chi connectivity index (χ3v) is 3.33. The zero-order valence-corrected chi connectivity index (χ0v) is 13.1. The van der Waals surface area contributed by atoms with E-state index in [0.717, 1.165) is 39.1 Å². The van der Waals surface area contributed by atoms with E-state index >= 15 is 0 Å². The molecule has 0 unspecified atom stereocenters. The summed E-state index contributed by atoms with van der Waals surface area (Å²) in [6.45, 7) is 14.3. The standard InChI is InChI=1S/C15H29N3O/c1-6-15-13(4)17-18(14(15)5)10-9-16-8-7-11-19-12(2)3/h12,16H,6-11H2,1-5H3. The number of nitrogens with one attached hydrogen (secondary N) is 1. The second kappa shape index (κ2) is 8.33. The first-order valence-corrected chi connectivity index (χ1v) is 7.41. The van der Waals surface area contributed by atoms with Gasteiger partial charge in [-0.1, -0.05) is 6.92 Å². The van der Waals surface area contributed by atoms with Gasteiger partial charge in [0.1, 0.15) is 0 Å². The summed E-state index contributed by atoms with van der Waals surface area (Å²) >= 11 is 0. The van der Waals surface area contributed by atoms with Gasteiger partial charge in [0, 0.05) is 18.8 Å².